The molecule has 0 aliphatic carbocycles. The van der Waals surface area contributed by atoms with Crippen molar-refractivity contribution in [2.75, 3.05) is 6.61 Å². The maximum atomic E-state index is 11.0. The van der Waals surface area contributed by atoms with Gasteiger partial charge in [0.15, 0.2) is 0 Å². The molecule has 82 valence electrons. The van der Waals surface area contributed by atoms with Crippen molar-refractivity contribution in [1.82, 2.24) is 0 Å². The highest BCUT2D eigenvalue weighted by Crippen LogP contribution is 2.29. The fourth-order valence-electron chi connectivity index (χ4n) is 1.69. The van der Waals surface area contributed by atoms with Gasteiger partial charge in [-0.3, -0.25) is 0 Å². The largest absolute Gasteiger partial charge is 0.374 e. The minimum atomic E-state index is -3.61. The van der Waals surface area contributed by atoms with Crippen LogP contribution in [0.5, 0.6) is 0 Å². The minimum Gasteiger partial charge on any atom is -0.374 e. The standard InChI is InChI=1S/C10H11ClO3S/c11-15(12,13)9-5-3-8(4-6-9)10-2-1-7-14-10/h3-6,10H,1-2,7H2. The van der Waals surface area contributed by atoms with Crippen molar-refractivity contribution >= 4 is 19.7 Å². The van der Waals surface area contributed by atoms with Crippen LogP contribution in [0.2, 0.25) is 0 Å². The first kappa shape index (κ1) is 10.9. The topological polar surface area (TPSA) is 43.4 Å². The minimum absolute atomic E-state index is 0.108. The zero-order valence-corrected chi connectivity index (χ0v) is 9.59. The van der Waals surface area contributed by atoms with Crippen LogP contribution in [-0.2, 0) is 13.8 Å². The number of rotatable bonds is 2. The molecule has 0 N–H and O–H groups in total. The van der Waals surface area contributed by atoms with E-state index in [1.165, 1.54) is 12.1 Å². The Kier molecular flexibility index (Phi) is 3.00. The average molecular weight is 247 g/mol. The zero-order chi connectivity index (χ0) is 10.9. The lowest BCUT2D eigenvalue weighted by Gasteiger charge is -2.09. The number of ether oxygens (including phenoxy) is 1. The van der Waals surface area contributed by atoms with Crippen LogP contribution in [0.1, 0.15) is 24.5 Å². The lowest BCUT2D eigenvalue weighted by molar-refractivity contribution is 0.112. The summed E-state index contributed by atoms with van der Waals surface area (Å²) in [6.07, 6.45) is 2.16. The Morgan fingerprint density at radius 1 is 1.27 bits per heavy atom. The van der Waals surface area contributed by atoms with Crippen LogP contribution < -0.4 is 0 Å². The van der Waals surface area contributed by atoms with Crippen molar-refractivity contribution in [3.8, 4) is 0 Å². The summed E-state index contributed by atoms with van der Waals surface area (Å²) in [5.41, 5.74) is 1.01. The van der Waals surface area contributed by atoms with E-state index in [0.717, 1.165) is 25.0 Å². The number of benzene rings is 1. The van der Waals surface area contributed by atoms with Crippen LogP contribution in [0.15, 0.2) is 29.2 Å². The van der Waals surface area contributed by atoms with Gasteiger partial charge < -0.3 is 4.74 Å². The second-order valence-electron chi connectivity index (χ2n) is 3.51. The summed E-state index contributed by atoms with van der Waals surface area (Å²) in [4.78, 5) is 0.130. The van der Waals surface area contributed by atoms with Crippen molar-refractivity contribution in [2.45, 2.75) is 23.8 Å². The normalized spacial score (nSPS) is 21.8. The molecule has 1 fully saturated rings. The average Bonchev–Trinajstić information content (AvgIpc) is 2.69. The van der Waals surface area contributed by atoms with Crippen LogP contribution in [0.25, 0.3) is 0 Å². The molecule has 1 unspecified atom stereocenters. The predicted octanol–water partition coefficient (Wildman–Crippen LogP) is 2.47. The molecule has 1 aromatic carbocycles. The van der Waals surface area contributed by atoms with E-state index in [0.29, 0.717) is 0 Å². The third-order valence-electron chi connectivity index (χ3n) is 2.46. The summed E-state index contributed by atoms with van der Waals surface area (Å²) in [6, 6.07) is 6.54. The van der Waals surface area contributed by atoms with Gasteiger partial charge in [0, 0.05) is 17.3 Å². The molecule has 15 heavy (non-hydrogen) atoms. The summed E-state index contributed by atoms with van der Waals surface area (Å²) in [6.45, 7) is 0.778. The molecule has 0 bridgehead atoms. The highest BCUT2D eigenvalue weighted by Gasteiger charge is 2.18. The first-order chi connectivity index (χ1) is 7.07. The van der Waals surface area contributed by atoms with Crippen molar-refractivity contribution in [2.24, 2.45) is 0 Å². The molecular formula is C10H11ClO3S. The van der Waals surface area contributed by atoms with Crippen LogP contribution >= 0.6 is 10.7 Å². The van der Waals surface area contributed by atoms with E-state index in [4.69, 9.17) is 15.4 Å². The quantitative estimate of drug-likeness (QED) is 0.753. The fraction of sp³-hybridized carbons (Fsp3) is 0.400. The van der Waals surface area contributed by atoms with Gasteiger partial charge >= 0.3 is 0 Å². The van der Waals surface area contributed by atoms with Crippen LogP contribution in [0, 0.1) is 0 Å². The van der Waals surface area contributed by atoms with Gasteiger partial charge in [0.1, 0.15) is 0 Å². The summed E-state index contributed by atoms with van der Waals surface area (Å²) in [7, 11) is 1.60. The third kappa shape index (κ3) is 2.51. The lowest BCUT2D eigenvalue weighted by atomic mass is 10.1. The number of halogens is 1. The van der Waals surface area contributed by atoms with Gasteiger partial charge in [-0.2, -0.15) is 0 Å². The van der Waals surface area contributed by atoms with Crippen LogP contribution in [0.4, 0.5) is 0 Å². The Balaban J connectivity index is 2.24. The Bertz CT molecular complexity index is 432. The van der Waals surface area contributed by atoms with Crippen molar-refractivity contribution < 1.29 is 13.2 Å². The molecule has 0 aromatic heterocycles. The maximum Gasteiger partial charge on any atom is 0.261 e. The van der Waals surface area contributed by atoms with E-state index >= 15 is 0 Å². The molecule has 0 amide bonds. The molecule has 0 spiro atoms. The zero-order valence-electron chi connectivity index (χ0n) is 8.02. The van der Waals surface area contributed by atoms with Crippen molar-refractivity contribution in [3.05, 3.63) is 29.8 Å². The van der Waals surface area contributed by atoms with Crippen LogP contribution in [-0.4, -0.2) is 15.0 Å². The van der Waals surface area contributed by atoms with Gasteiger partial charge in [0.25, 0.3) is 9.05 Å². The molecule has 0 radical (unpaired) electrons. The maximum absolute atomic E-state index is 11.0. The number of hydrogen-bond acceptors (Lipinski definition) is 3. The predicted molar refractivity (Wildman–Crippen MR) is 57.4 cm³/mol. The van der Waals surface area contributed by atoms with E-state index < -0.39 is 9.05 Å². The molecule has 1 heterocycles. The molecule has 1 saturated heterocycles. The van der Waals surface area contributed by atoms with Gasteiger partial charge in [0.05, 0.1) is 11.0 Å². The molecule has 1 aromatic rings. The molecule has 1 aliphatic rings. The van der Waals surface area contributed by atoms with E-state index in [9.17, 15) is 8.42 Å². The summed E-state index contributed by atoms with van der Waals surface area (Å²) in [5.74, 6) is 0. The first-order valence-corrected chi connectivity index (χ1v) is 7.04. The fourth-order valence-corrected chi connectivity index (χ4v) is 2.46. The van der Waals surface area contributed by atoms with E-state index in [1.807, 2.05) is 0 Å². The summed E-state index contributed by atoms with van der Waals surface area (Å²) in [5, 5.41) is 0. The highest BCUT2D eigenvalue weighted by molar-refractivity contribution is 8.13. The first-order valence-electron chi connectivity index (χ1n) is 4.73. The SMILES string of the molecule is O=S(=O)(Cl)c1ccc(C2CCCO2)cc1. The van der Waals surface area contributed by atoms with Crippen molar-refractivity contribution in [3.63, 3.8) is 0 Å². The molecule has 1 atom stereocenters. The smallest absolute Gasteiger partial charge is 0.261 e. The molecule has 5 heteroatoms. The summed E-state index contributed by atoms with van der Waals surface area (Å²) >= 11 is 0. The monoisotopic (exact) mass is 246 g/mol. The Morgan fingerprint density at radius 3 is 2.40 bits per heavy atom. The molecular weight excluding hydrogens is 236 g/mol. The Morgan fingerprint density at radius 2 is 1.93 bits per heavy atom. The molecule has 1 aliphatic heterocycles. The van der Waals surface area contributed by atoms with Gasteiger partial charge in [0.2, 0.25) is 0 Å². The molecule has 0 saturated carbocycles. The van der Waals surface area contributed by atoms with E-state index in [1.54, 1.807) is 12.1 Å². The van der Waals surface area contributed by atoms with Crippen LogP contribution in [0.3, 0.4) is 0 Å². The van der Waals surface area contributed by atoms with E-state index in [2.05, 4.69) is 0 Å². The second kappa shape index (κ2) is 4.12. The van der Waals surface area contributed by atoms with Gasteiger partial charge in [-0.15, -0.1) is 0 Å². The molecule has 2 rings (SSSR count). The van der Waals surface area contributed by atoms with Gasteiger partial charge in [-0.1, -0.05) is 12.1 Å². The van der Waals surface area contributed by atoms with E-state index in [-0.39, 0.29) is 11.0 Å². The molecule has 3 nitrogen and oxygen atoms in total. The lowest BCUT2D eigenvalue weighted by Crippen LogP contribution is -1.97. The highest BCUT2D eigenvalue weighted by atomic mass is 35.7. The summed E-state index contributed by atoms with van der Waals surface area (Å²) < 4.78 is 27.5. The third-order valence-corrected chi connectivity index (χ3v) is 3.83. The second-order valence-corrected chi connectivity index (χ2v) is 6.07. The van der Waals surface area contributed by atoms with Gasteiger partial charge in [-0.05, 0) is 30.5 Å². The number of hydrogen-bond donors (Lipinski definition) is 0. The Hall–Kier alpha value is -0.580. The van der Waals surface area contributed by atoms with Crippen molar-refractivity contribution in [1.29, 1.82) is 0 Å². The van der Waals surface area contributed by atoms with Gasteiger partial charge in [-0.25, -0.2) is 8.42 Å². The Labute approximate surface area is 93.4 Å².